The van der Waals surface area contributed by atoms with E-state index in [1.807, 2.05) is 0 Å². The predicted octanol–water partition coefficient (Wildman–Crippen LogP) is 4.07. The van der Waals surface area contributed by atoms with Gasteiger partial charge in [0.2, 0.25) is 0 Å². The van der Waals surface area contributed by atoms with Crippen LogP contribution in [0.5, 0.6) is 5.75 Å². The molecule has 1 aliphatic rings. The fourth-order valence-corrected chi connectivity index (χ4v) is 3.45. The molecule has 0 spiro atoms. The first kappa shape index (κ1) is 25.0. The zero-order chi connectivity index (χ0) is 25.1. The van der Waals surface area contributed by atoms with E-state index < -0.39 is 53.2 Å². The van der Waals surface area contributed by atoms with Crippen molar-refractivity contribution >= 4 is 11.8 Å². The van der Waals surface area contributed by atoms with Crippen LogP contribution in [-0.4, -0.2) is 35.7 Å². The van der Waals surface area contributed by atoms with Crippen molar-refractivity contribution in [3.8, 4) is 17.6 Å². The highest BCUT2D eigenvalue weighted by molar-refractivity contribution is 5.95. The lowest BCUT2D eigenvalue weighted by Crippen LogP contribution is -2.46. The number of carbonyl (C=O) groups is 1. The van der Waals surface area contributed by atoms with E-state index in [-0.39, 0.29) is 24.3 Å². The molecule has 11 heteroatoms. The minimum absolute atomic E-state index is 0.0318. The smallest absolute Gasteiger partial charge is 0.425 e. The second kappa shape index (κ2) is 9.67. The summed E-state index contributed by atoms with van der Waals surface area (Å²) in [6.45, 7) is 2.99. The number of benzene rings is 1. The molecule has 3 rings (SSSR count). The lowest BCUT2D eigenvalue weighted by atomic mass is 9.84. The molecule has 2 atom stereocenters. The molecule has 2 aromatic rings. The van der Waals surface area contributed by atoms with Gasteiger partial charge in [-0.15, -0.1) is 5.92 Å². The Bertz CT molecular complexity index is 1170. The lowest BCUT2D eigenvalue weighted by molar-refractivity contribution is -0.208. The summed E-state index contributed by atoms with van der Waals surface area (Å²) in [5.41, 5.74) is 3.13. The van der Waals surface area contributed by atoms with E-state index in [1.54, 1.807) is 6.92 Å². The fourth-order valence-electron chi connectivity index (χ4n) is 3.45. The summed E-state index contributed by atoms with van der Waals surface area (Å²) in [6, 6.07) is 4.01. The first-order chi connectivity index (χ1) is 15.9. The molecule has 1 aliphatic heterocycles. The van der Waals surface area contributed by atoms with Crippen LogP contribution in [0.25, 0.3) is 0 Å². The number of hydrogen-bond donors (Lipinski definition) is 1. The Labute approximate surface area is 192 Å². The summed E-state index contributed by atoms with van der Waals surface area (Å²) in [6.07, 6.45) is -7.03. The molecule has 0 amide bonds. The molecule has 6 nitrogen and oxygen atoms in total. The maximum Gasteiger partial charge on any atom is 0.425 e. The number of ether oxygens (including phenoxy) is 2. The second-order valence-electron chi connectivity index (χ2n) is 7.71. The van der Waals surface area contributed by atoms with Gasteiger partial charge < -0.3 is 15.2 Å². The third kappa shape index (κ3) is 5.62. The number of pyridine rings is 1. The van der Waals surface area contributed by atoms with Crippen LogP contribution in [-0.2, 0) is 16.7 Å². The highest BCUT2D eigenvalue weighted by Gasteiger charge is 2.50. The van der Waals surface area contributed by atoms with Crippen molar-refractivity contribution in [3.63, 3.8) is 0 Å². The molecule has 0 fully saturated rings. The Morgan fingerprint density at radius 2 is 2.06 bits per heavy atom. The Morgan fingerprint density at radius 1 is 1.32 bits per heavy atom. The van der Waals surface area contributed by atoms with Gasteiger partial charge in [-0.3, -0.25) is 4.79 Å². The van der Waals surface area contributed by atoms with Gasteiger partial charge in [-0.1, -0.05) is 5.92 Å². The van der Waals surface area contributed by atoms with Crippen molar-refractivity contribution in [2.45, 2.75) is 44.5 Å². The number of aliphatic imine (C=N–C) groups is 1. The van der Waals surface area contributed by atoms with Gasteiger partial charge in [0.1, 0.15) is 18.1 Å². The first-order valence-electron chi connectivity index (χ1n) is 10.0. The van der Waals surface area contributed by atoms with Gasteiger partial charge in [-0.25, -0.2) is 18.8 Å². The molecular weight excluding hydrogens is 461 g/mol. The van der Waals surface area contributed by atoms with Gasteiger partial charge >= 0.3 is 6.18 Å². The number of Topliss-reactive ketones (excluding diaryl/α,β-unsaturated/α-hetero) is 1. The maximum atomic E-state index is 14.7. The van der Waals surface area contributed by atoms with Gasteiger partial charge in [0, 0.05) is 18.4 Å². The molecule has 1 aromatic carbocycles. The SMILES string of the molecule is CC#CCOc1ccc(C(=O)Cc2cc(F)c(F)c([C@]3(C)C[C@@H](C(F)(F)F)OC(N)=N3)c2)nc1. The molecule has 180 valence electrons. The second-order valence-corrected chi connectivity index (χ2v) is 7.71. The van der Waals surface area contributed by atoms with Crippen LogP contribution in [0.1, 0.15) is 41.9 Å². The molecule has 2 heterocycles. The van der Waals surface area contributed by atoms with E-state index in [0.29, 0.717) is 5.75 Å². The molecule has 34 heavy (non-hydrogen) atoms. The Kier molecular flexibility index (Phi) is 7.09. The Balaban J connectivity index is 1.86. The lowest BCUT2D eigenvalue weighted by Gasteiger charge is -2.36. The predicted molar refractivity (Wildman–Crippen MR) is 112 cm³/mol. The molecule has 0 bridgehead atoms. The van der Waals surface area contributed by atoms with Crippen LogP contribution < -0.4 is 10.5 Å². The summed E-state index contributed by atoms with van der Waals surface area (Å²) in [4.78, 5) is 20.4. The number of carbonyl (C=O) groups excluding carboxylic acids is 1. The summed E-state index contributed by atoms with van der Waals surface area (Å²) in [5.74, 6) is 2.51. The first-order valence-corrected chi connectivity index (χ1v) is 10.0. The minimum atomic E-state index is -4.80. The van der Waals surface area contributed by atoms with Gasteiger partial charge in [0.15, 0.2) is 23.5 Å². The highest BCUT2D eigenvalue weighted by atomic mass is 19.4. The molecule has 0 saturated heterocycles. The van der Waals surface area contributed by atoms with E-state index in [2.05, 4.69) is 26.6 Å². The number of nitrogens with zero attached hydrogens (tertiary/aromatic N) is 2. The Hall–Kier alpha value is -3.68. The quantitative estimate of drug-likeness (QED) is 0.382. The van der Waals surface area contributed by atoms with Crippen LogP contribution in [0.4, 0.5) is 22.0 Å². The van der Waals surface area contributed by atoms with Crippen LogP contribution in [0.2, 0.25) is 0 Å². The number of amidine groups is 1. The number of hydrogen-bond acceptors (Lipinski definition) is 6. The van der Waals surface area contributed by atoms with Crippen molar-refractivity contribution in [2.75, 3.05) is 6.61 Å². The summed E-state index contributed by atoms with van der Waals surface area (Å²) < 4.78 is 78.6. The van der Waals surface area contributed by atoms with Crippen molar-refractivity contribution in [1.82, 2.24) is 4.98 Å². The van der Waals surface area contributed by atoms with Crippen molar-refractivity contribution < 1.29 is 36.2 Å². The third-order valence-electron chi connectivity index (χ3n) is 5.11. The molecule has 1 aromatic heterocycles. The summed E-state index contributed by atoms with van der Waals surface area (Å²) in [5, 5.41) is 0. The van der Waals surface area contributed by atoms with Crippen LogP contribution in [0, 0.1) is 23.5 Å². The van der Waals surface area contributed by atoms with Crippen molar-refractivity contribution in [1.29, 1.82) is 0 Å². The minimum Gasteiger partial charge on any atom is -0.479 e. The van der Waals surface area contributed by atoms with Crippen LogP contribution in [0.3, 0.4) is 0 Å². The number of aromatic nitrogens is 1. The van der Waals surface area contributed by atoms with E-state index in [1.165, 1.54) is 25.3 Å². The zero-order valence-electron chi connectivity index (χ0n) is 18.2. The van der Waals surface area contributed by atoms with Crippen molar-refractivity contribution in [2.24, 2.45) is 10.7 Å². The average Bonchev–Trinajstić information content (AvgIpc) is 2.75. The third-order valence-corrected chi connectivity index (χ3v) is 5.11. The Morgan fingerprint density at radius 3 is 2.68 bits per heavy atom. The molecule has 2 N–H and O–H groups in total. The number of alkyl halides is 3. The number of nitrogens with two attached hydrogens (primary N) is 1. The van der Waals surface area contributed by atoms with Crippen LogP contribution in [0.15, 0.2) is 35.5 Å². The summed E-state index contributed by atoms with van der Waals surface area (Å²) >= 11 is 0. The fraction of sp³-hybridized carbons (Fsp3) is 0.348. The highest BCUT2D eigenvalue weighted by Crippen LogP contribution is 2.41. The number of halogens is 5. The maximum absolute atomic E-state index is 14.7. The summed E-state index contributed by atoms with van der Waals surface area (Å²) in [7, 11) is 0. The molecule has 0 aliphatic carbocycles. The van der Waals surface area contributed by atoms with Gasteiger partial charge in [0.05, 0.1) is 11.7 Å². The molecule has 0 saturated carbocycles. The average molecular weight is 481 g/mol. The van der Waals surface area contributed by atoms with E-state index in [0.717, 1.165) is 12.1 Å². The topological polar surface area (TPSA) is 86.8 Å². The normalized spacial score (nSPS) is 20.0. The molecular formula is C23H20F5N3O3. The number of rotatable bonds is 6. The van der Waals surface area contributed by atoms with Crippen molar-refractivity contribution in [3.05, 3.63) is 58.9 Å². The monoisotopic (exact) mass is 481 g/mol. The molecule has 0 unspecified atom stereocenters. The van der Waals surface area contributed by atoms with E-state index in [9.17, 15) is 26.7 Å². The van der Waals surface area contributed by atoms with Gasteiger partial charge in [0.25, 0.3) is 6.02 Å². The van der Waals surface area contributed by atoms with Gasteiger partial charge in [-0.05, 0) is 43.7 Å². The largest absolute Gasteiger partial charge is 0.479 e. The number of ketones is 1. The standard InChI is InChI=1S/C23H20F5N3O3/c1-3-4-7-33-14-5-6-17(30-12-14)18(32)10-13-8-15(20(25)16(24)9-13)22(2)11-19(23(26,27)28)34-21(29)31-22/h5-6,8-9,12,19H,7,10-11H2,1-2H3,(H2,29,31)/t19-,22-/m0/s1. The molecule has 0 radical (unpaired) electrons. The zero-order valence-corrected chi connectivity index (χ0v) is 18.2. The van der Waals surface area contributed by atoms with E-state index in [4.69, 9.17) is 10.5 Å². The van der Waals surface area contributed by atoms with Crippen LogP contribution >= 0.6 is 0 Å². The van der Waals surface area contributed by atoms with Gasteiger partial charge in [-0.2, -0.15) is 13.2 Å². The van der Waals surface area contributed by atoms with E-state index >= 15 is 0 Å².